The highest BCUT2D eigenvalue weighted by Gasteiger charge is 2.29. The number of aromatic nitrogens is 2. The SMILES string of the molecule is CC1C=CC=C(c2cccc(-n3c4cccc5c4c4c6c(cccc6c6ccc7c(c6c43)C(C)CC=C7)-c3ccccc3-5)n2)C1. The van der Waals surface area contributed by atoms with Gasteiger partial charge in [0.1, 0.15) is 5.82 Å². The first kappa shape index (κ1) is 25.2. The van der Waals surface area contributed by atoms with Crippen LogP contribution in [0.25, 0.3) is 83.1 Å². The molecule has 2 aromatic heterocycles. The van der Waals surface area contributed by atoms with Gasteiger partial charge in [0.05, 0.1) is 16.7 Å². The van der Waals surface area contributed by atoms with Gasteiger partial charge in [-0.05, 0) is 92.6 Å². The zero-order chi connectivity index (χ0) is 29.8. The van der Waals surface area contributed by atoms with Crippen LogP contribution >= 0.6 is 0 Å². The maximum Gasteiger partial charge on any atom is 0.138 e. The molecule has 0 aliphatic heterocycles. The summed E-state index contributed by atoms with van der Waals surface area (Å²) in [5, 5.41) is 8.07. The zero-order valence-electron chi connectivity index (χ0n) is 25.5. The first-order valence-corrected chi connectivity index (χ1v) is 16.3. The molecular weight excluding hydrogens is 544 g/mol. The van der Waals surface area contributed by atoms with E-state index in [4.69, 9.17) is 4.98 Å². The Kier molecular flexibility index (Phi) is 5.12. The van der Waals surface area contributed by atoms with Crippen LogP contribution in [0.1, 0.15) is 49.4 Å². The van der Waals surface area contributed by atoms with Crippen molar-refractivity contribution in [3.05, 3.63) is 132 Å². The molecule has 0 amide bonds. The predicted molar refractivity (Wildman–Crippen MR) is 191 cm³/mol. The van der Waals surface area contributed by atoms with Gasteiger partial charge in [-0.1, -0.05) is 117 Å². The number of hydrogen-bond donors (Lipinski definition) is 0. The highest BCUT2D eigenvalue weighted by atomic mass is 15.1. The lowest BCUT2D eigenvalue weighted by atomic mass is 9.82. The summed E-state index contributed by atoms with van der Waals surface area (Å²) in [6.07, 6.45) is 13.4. The molecule has 0 fully saturated rings. The Balaban J connectivity index is 1.47. The topological polar surface area (TPSA) is 17.8 Å². The summed E-state index contributed by atoms with van der Waals surface area (Å²) < 4.78 is 2.50. The second-order valence-electron chi connectivity index (χ2n) is 13.2. The average Bonchev–Trinajstić information content (AvgIpc) is 3.37. The molecule has 0 radical (unpaired) electrons. The number of hydrogen-bond acceptors (Lipinski definition) is 1. The van der Waals surface area contributed by atoms with E-state index in [1.54, 1.807) is 0 Å². The third-order valence-electron chi connectivity index (χ3n) is 10.5. The van der Waals surface area contributed by atoms with E-state index in [9.17, 15) is 0 Å². The third-order valence-corrected chi connectivity index (χ3v) is 10.5. The summed E-state index contributed by atoms with van der Waals surface area (Å²) in [4.78, 5) is 5.45. The molecule has 0 N–H and O–H groups in total. The minimum atomic E-state index is 0.422. The van der Waals surface area contributed by atoms with Gasteiger partial charge >= 0.3 is 0 Å². The van der Waals surface area contributed by atoms with Crippen LogP contribution in [0.5, 0.6) is 0 Å². The standard InChI is InChI=1S/C43H32N2/c1-25-10-5-13-28(24-25)35-19-9-21-37(44-35)45-36-20-8-18-32-30-15-4-3-14-29(30)31-16-7-17-33-34-23-22-27-12-6-11-26(2)38(27)41(34)43(45)42(39(31)33)40(32)36/h3-10,12-23,25-26H,11,24H2,1-2H3. The van der Waals surface area contributed by atoms with Gasteiger partial charge in [-0.3, -0.25) is 4.57 Å². The molecule has 2 heteroatoms. The smallest absolute Gasteiger partial charge is 0.138 e. The lowest BCUT2D eigenvalue weighted by Gasteiger charge is -2.23. The summed E-state index contributed by atoms with van der Waals surface area (Å²) in [5.41, 5.74) is 12.9. The molecular formula is C43H32N2. The van der Waals surface area contributed by atoms with Gasteiger partial charge in [0, 0.05) is 21.5 Å². The molecule has 2 unspecified atom stereocenters. The Morgan fingerprint density at radius 3 is 2.29 bits per heavy atom. The fraction of sp³-hybridized carbons (Fsp3) is 0.140. The maximum absolute atomic E-state index is 5.45. The summed E-state index contributed by atoms with van der Waals surface area (Å²) >= 11 is 0. The van der Waals surface area contributed by atoms with Crippen LogP contribution in [0.15, 0.2) is 115 Å². The van der Waals surface area contributed by atoms with Gasteiger partial charge in [-0.2, -0.15) is 0 Å². The zero-order valence-corrected chi connectivity index (χ0v) is 25.5. The first-order valence-electron chi connectivity index (χ1n) is 16.3. The van der Waals surface area contributed by atoms with Crippen molar-refractivity contribution in [3.8, 4) is 28.1 Å². The minimum absolute atomic E-state index is 0.422. The van der Waals surface area contributed by atoms with Crippen molar-refractivity contribution in [3.63, 3.8) is 0 Å². The number of benzene rings is 5. The van der Waals surface area contributed by atoms with Crippen molar-refractivity contribution < 1.29 is 0 Å². The Morgan fingerprint density at radius 2 is 1.44 bits per heavy atom. The molecule has 2 nitrogen and oxygen atoms in total. The van der Waals surface area contributed by atoms with Crippen LogP contribution in [0.2, 0.25) is 0 Å². The molecule has 2 heterocycles. The number of fused-ring (bicyclic) bond motifs is 8. The summed E-state index contributed by atoms with van der Waals surface area (Å²) in [5.74, 6) is 1.92. The van der Waals surface area contributed by atoms with Crippen LogP contribution in [-0.4, -0.2) is 9.55 Å². The number of allylic oxidation sites excluding steroid dienone is 5. The van der Waals surface area contributed by atoms with Crippen LogP contribution in [0.3, 0.4) is 0 Å². The minimum Gasteiger partial charge on any atom is -0.293 e. The molecule has 45 heavy (non-hydrogen) atoms. The van der Waals surface area contributed by atoms with Crippen LogP contribution in [-0.2, 0) is 0 Å². The average molecular weight is 577 g/mol. The number of rotatable bonds is 2. The second-order valence-corrected chi connectivity index (χ2v) is 13.2. The van der Waals surface area contributed by atoms with Crippen molar-refractivity contribution >= 4 is 55.0 Å². The largest absolute Gasteiger partial charge is 0.293 e. The van der Waals surface area contributed by atoms with E-state index >= 15 is 0 Å². The van der Waals surface area contributed by atoms with Crippen molar-refractivity contribution in [2.45, 2.75) is 32.6 Å². The van der Waals surface area contributed by atoms with E-state index in [1.165, 1.54) is 82.3 Å². The number of pyridine rings is 1. The van der Waals surface area contributed by atoms with Crippen molar-refractivity contribution in [2.75, 3.05) is 0 Å². The van der Waals surface area contributed by atoms with Crippen molar-refractivity contribution in [1.82, 2.24) is 9.55 Å². The monoisotopic (exact) mass is 576 g/mol. The summed E-state index contributed by atoms with van der Waals surface area (Å²) in [6.45, 7) is 4.68. The normalized spacial score (nSPS) is 18.2. The molecule has 2 atom stereocenters. The van der Waals surface area contributed by atoms with Crippen molar-refractivity contribution in [1.29, 1.82) is 0 Å². The van der Waals surface area contributed by atoms with Gasteiger partial charge in [-0.15, -0.1) is 0 Å². The predicted octanol–water partition coefficient (Wildman–Crippen LogP) is 11.6. The molecule has 3 aliphatic carbocycles. The fourth-order valence-electron chi connectivity index (χ4n) is 8.58. The van der Waals surface area contributed by atoms with E-state index in [0.717, 1.165) is 24.4 Å². The Morgan fingerprint density at radius 1 is 0.689 bits per heavy atom. The summed E-state index contributed by atoms with van der Waals surface area (Å²) in [7, 11) is 0. The number of nitrogens with zero attached hydrogens (tertiary/aromatic N) is 2. The van der Waals surface area contributed by atoms with Gasteiger partial charge in [0.2, 0.25) is 0 Å². The second kappa shape index (κ2) is 9.15. The van der Waals surface area contributed by atoms with E-state index in [1.807, 2.05) is 0 Å². The van der Waals surface area contributed by atoms with Gasteiger partial charge in [0.25, 0.3) is 0 Å². The molecule has 0 saturated heterocycles. The lowest BCUT2D eigenvalue weighted by molar-refractivity contribution is 0.746. The Labute approximate surface area is 262 Å². The molecule has 7 aromatic rings. The van der Waals surface area contributed by atoms with Gasteiger partial charge < -0.3 is 0 Å². The van der Waals surface area contributed by atoms with Gasteiger partial charge in [0.15, 0.2) is 0 Å². The van der Waals surface area contributed by atoms with E-state index in [-0.39, 0.29) is 0 Å². The molecule has 10 rings (SSSR count). The highest BCUT2D eigenvalue weighted by molar-refractivity contribution is 6.38. The van der Waals surface area contributed by atoms with Crippen LogP contribution in [0, 0.1) is 5.92 Å². The lowest BCUT2D eigenvalue weighted by Crippen LogP contribution is -2.05. The molecule has 0 bridgehead atoms. The quantitative estimate of drug-likeness (QED) is 0.187. The van der Waals surface area contributed by atoms with E-state index in [2.05, 4.69) is 140 Å². The van der Waals surface area contributed by atoms with Crippen LogP contribution < -0.4 is 0 Å². The van der Waals surface area contributed by atoms with Crippen LogP contribution in [0.4, 0.5) is 0 Å². The third kappa shape index (κ3) is 3.37. The molecule has 0 saturated carbocycles. The fourth-order valence-corrected chi connectivity index (χ4v) is 8.58. The van der Waals surface area contributed by atoms with E-state index in [0.29, 0.717) is 11.8 Å². The Bertz CT molecular complexity index is 2520. The molecule has 3 aliphatic rings. The van der Waals surface area contributed by atoms with E-state index < -0.39 is 0 Å². The molecule has 5 aromatic carbocycles. The highest BCUT2D eigenvalue weighted by Crippen LogP contribution is 2.53. The first-order chi connectivity index (χ1) is 22.2. The Hall–Kier alpha value is -5.21. The maximum atomic E-state index is 5.45. The van der Waals surface area contributed by atoms with Crippen molar-refractivity contribution in [2.24, 2.45) is 5.92 Å². The van der Waals surface area contributed by atoms with Gasteiger partial charge in [-0.25, -0.2) is 4.98 Å². The summed E-state index contributed by atoms with van der Waals surface area (Å²) in [6, 6.07) is 34.1. The molecule has 0 spiro atoms. The molecule has 214 valence electrons.